The van der Waals surface area contributed by atoms with Gasteiger partial charge in [-0.05, 0) is 24.5 Å². The standard InChI is InChI=1S/C13H12Cl2FNS/c14-6-2-4-10-8-18-12(17-10)7-9-3-1-5-11(15)13(9)16/h1,3,5,8H,2,4,6-7H2. The molecule has 0 spiro atoms. The third-order valence-electron chi connectivity index (χ3n) is 2.54. The third kappa shape index (κ3) is 3.44. The zero-order valence-corrected chi connectivity index (χ0v) is 12.0. The average Bonchev–Trinajstić information content (AvgIpc) is 2.80. The van der Waals surface area contributed by atoms with Gasteiger partial charge in [0.25, 0.3) is 0 Å². The summed E-state index contributed by atoms with van der Waals surface area (Å²) in [5.74, 6) is 0.284. The lowest BCUT2D eigenvalue weighted by atomic mass is 10.1. The molecule has 1 aromatic heterocycles. The maximum atomic E-state index is 13.7. The molecule has 2 aromatic rings. The average molecular weight is 304 g/mol. The molecule has 0 unspecified atom stereocenters. The fraction of sp³-hybridized carbons (Fsp3) is 0.308. The molecule has 0 N–H and O–H groups in total. The van der Waals surface area contributed by atoms with Gasteiger partial charge < -0.3 is 0 Å². The van der Waals surface area contributed by atoms with Gasteiger partial charge in [0.2, 0.25) is 0 Å². The largest absolute Gasteiger partial charge is 0.246 e. The summed E-state index contributed by atoms with van der Waals surface area (Å²) in [6.07, 6.45) is 2.27. The van der Waals surface area contributed by atoms with E-state index in [0.717, 1.165) is 23.5 Å². The van der Waals surface area contributed by atoms with E-state index in [4.69, 9.17) is 23.2 Å². The quantitative estimate of drug-likeness (QED) is 0.730. The lowest BCUT2D eigenvalue weighted by Crippen LogP contribution is -1.94. The van der Waals surface area contributed by atoms with Crippen LogP contribution in [0.4, 0.5) is 4.39 Å². The summed E-state index contributed by atoms with van der Waals surface area (Å²) in [4.78, 5) is 4.46. The molecule has 0 aliphatic carbocycles. The second-order valence-corrected chi connectivity index (χ2v) is 5.64. The van der Waals surface area contributed by atoms with E-state index in [9.17, 15) is 4.39 Å². The fourth-order valence-corrected chi connectivity index (χ4v) is 2.82. The molecule has 0 saturated carbocycles. The van der Waals surface area contributed by atoms with Crippen molar-refractivity contribution in [2.24, 2.45) is 0 Å². The van der Waals surface area contributed by atoms with E-state index in [1.54, 1.807) is 29.5 Å². The molecule has 0 bridgehead atoms. The van der Waals surface area contributed by atoms with Gasteiger partial charge in [-0.3, -0.25) is 0 Å². The number of thiazole rings is 1. The summed E-state index contributed by atoms with van der Waals surface area (Å²) >= 11 is 12.9. The number of aryl methyl sites for hydroxylation is 1. The lowest BCUT2D eigenvalue weighted by Gasteiger charge is -2.01. The van der Waals surface area contributed by atoms with E-state index < -0.39 is 0 Å². The molecule has 0 atom stereocenters. The second kappa shape index (κ2) is 6.50. The maximum absolute atomic E-state index is 13.7. The van der Waals surface area contributed by atoms with Crippen molar-refractivity contribution in [2.45, 2.75) is 19.3 Å². The maximum Gasteiger partial charge on any atom is 0.145 e. The van der Waals surface area contributed by atoms with Gasteiger partial charge in [0, 0.05) is 17.7 Å². The Hall–Kier alpha value is -0.640. The number of aromatic nitrogens is 1. The first-order chi connectivity index (χ1) is 8.70. The van der Waals surface area contributed by atoms with Gasteiger partial charge in [-0.15, -0.1) is 22.9 Å². The van der Waals surface area contributed by atoms with Gasteiger partial charge in [-0.1, -0.05) is 23.7 Å². The van der Waals surface area contributed by atoms with Crippen molar-refractivity contribution < 1.29 is 4.39 Å². The second-order valence-electron chi connectivity index (χ2n) is 3.91. The summed E-state index contributed by atoms with van der Waals surface area (Å²) in [5, 5.41) is 3.07. The number of benzene rings is 1. The Kier molecular flexibility index (Phi) is 4.98. The van der Waals surface area contributed by atoms with Crippen molar-refractivity contribution in [3.05, 3.63) is 50.7 Å². The van der Waals surface area contributed by atoms with Gasteiger partial charge in [-0.25, -0.2) is 9.37 Å². The smallest absolute Gasteiger partial charge is 0.145 e. The van der Waals surface area contributed by atoms with Gasteiger partial charge in [0.05, 0.1) is 15.7 Å². The molecule has 2 rings (SSSR count). The van der Waals surface area contributed by atoms with Crippen LogP contribution < -0.4 is 0 Å². The predicted molar refractivity (Wildman–Crippen MR) is 75.4 cm³/mol. The Morgan fingerprint density at radius 3 is 2.94 bits per heavy atom. The molecule has 1 nitrogen and oxygen atoms in total. The normalized spacial score (nSPS) is 10.8. The van der Waals surface area contributed by atoms with Crippen LogP contribution in [0.25, 0.3) is 0 Å². The van der Waals surface area contributed by atoms with Gasteiger partial charge in [0.15, 0.2) is 0 Å². The van der Waals surface area contributed by atoms with E-state index in [1.165, 1.54) is 0 Å². The summed E-state index contributed by atoms with van der Waals surface area (Å²) in [5.41, 5.74) is 1.61. The Bertz CT molecular complexity index is 527. The van der Waals surface area contributed by atoms with Crippen LogP contribution in [0.5, 0.6) is 0 Å². The topological polar surface area (TPSA) is 12.9 Å². The van der Waals surface area contributed by atoms with Crippen molar-refractivity contribution in [1.82, 2.24) is 4.98 Å². The molecular weight excluding hydrogens is 292 g/mol. The molecule has 5 heteroatoms. The molecule has 1 aromatic carbocycles. The van der Waals surface area contributed by atoms with E-state index in [-0.39, 0.29) is 10.8 Å². The van der Waals surface area contributed by atoms with Crippen molar-refractivity contribution >= 4 is 34.5 Å². The first kappa shape index (κ1) is 13.8. The van der Waals surface area contributed by atoms with Crippen LogP contribution in [0, 0.1) is 5.82 Å². The highest BCUT2D eigenvalue weighted by molar-refractivity contribution is 7.09. The van der Waals surface area contributed by atoms with E-state index in [1.807, 2.05) is 5.38 Å². The molecular formula is C13H12Cl2FNS. The fourth-order valence-electron chi connectivity index (χ4n) is 1.64. The number of hydrogen-bond acceptors (Lipinski definition) is 2. The Labute approximate surface area is 120 Å². The summed E-state index contributed by atoms with van der Waals surface area (Å²) < 4.78 is 13.7. The lowest BCUT2D eigenvalue weighted by molar-refractivity contribution is 0.614. The molecule has 0 amide bonds. The van der Waals surface area contributed by atoms with Crippen LogP contribution in [0.2, 0.25) is 5.02 Å². The highest BCUT2D eigenvalue weighted by Crippen LogP contribution is 2.22. The number of halogens is 3. The summed E-state index contributed by atoms with van der Waals surface area (Å²) in [7, 11) is 0. The van der Waals surface area contributed by atoms with Crippen LogP contribution in [0.1, 0.15) is 22.7 Å². The molecule has 18 heavy (non-hydrogen) atoms. The summed E-state index contributed by atoms with van der Waals surface area (Å²) in [6.45, 7) is 0. The first-order valence-corrected chi connectivity index (χ1v) is 7.42. The number of rotatable bonds is 5. The minimum atomic E-state index is -0.350. The molecule has 0 aliphatic heterocycles. The predicted octanol–water partition coefficient (Wildman–Crippen LogP) is 4.70. The Morgan fingerprint density at radius 1 is 1.33 bits per heavy atom. The van der Waals surface area contributed by atoms with Crippen LogP contribution in [-0.2, 0) is 12.8 Å². The highest BCUT2D eigenvalue weighted by atomic mass is 35.5. The van der Waals surface area contributed by atoms with Gasteiger partial charge in [0.1, 0.15) is 5.82 Å². The van der Waals surface area contributed by atoms with Crippen molar-refractivity contribution in [1.29, 1.82) is 0 Å². The number of hydrogen-bond donors (Lipinski definition) is 0. The Balaban J connectivity index is 2.09. The van der Waals surface area contributed by atoms with E-state index in [2.05, 4.69) is 4.98 Å². The SMILES string of the molecule is Fc1c(Cl)cccc1Cc1nc(CCCCl)cs1. The van der Waals surface area contributed by atoms with Crippen LogP contribution in [0.15, 0.2) is 23.6 Å². The van der Waals surface area contributed by atoms with Crippen LogP contribution in [0.3, 0.4) is 0 Å². The summed E-state index contributed by atoms with van der Waals surface area (Å²) in [6, 6.07) is 5.04. The zero-order chi connectivity index (χ0) is 13.0. The van der Waals surface area contributed by atoms with E-state index >= 15 is 0 Å². The van der Waals surface area contributed by atoms with E-state index in [0.29, 0.717) is 17.9 Å². The van der Waals surface area contributed by atoms with Crippen LogP contribution in [-0.4, -0.2) is 10.9 Å². The zero-order valence-electron chi connectivity index (χ0n) is 9.63. The minimum Gasteiger partial charge on any atom is -0.246 e. The molecule has 0 saturated heterocycles. The monoisotopic (exact) mass is 303 g/mol. The molecule has 0 aliphatic rings. The number of nitrogens with zero attached hydrogens (tertiary/aromatic N) is 1. The van der Waals surface area contributed by atoms with Gasteiger partial charge in [-0.2, -0.15) is 0 Å². The van der Waals surface area contributed by atoms with Crippen LogP contribution >= 0.6 is 34.5 Å². The van der Waals surface area contributed by atoms with Crippen molar-refractivity contribution in [3.8, 4) is 0 Å². The first-order valence-electron chi connectivity index (χ1n) is 5.63. The molecule has 0 radical (unpaired) electrons. The molecule has 1 heterocycles. The number of alkyl halides is 1. The van der Waals surface area contributed by atoms with Crippen molar-refractivity contribution in [3.63, 3.8) is 0 Å². The molecule has 96 valence electrons. The highest BCUT2D eigenvalue weighted by Gasteiger charge is 2.09. The molecule has 0 fully saturated rings. The van der Waals surface area contributed by atoms with Gasteiger partial charge >= 0.3 is 0 Å². The third-order valence-corrected chi connectivity index (χ3v) is 4.00. The Morgan fingerprint density at radius 2 is 2.17 bits per heavy atom. The van der Waals surface area contributed by atoms with Crippen molar-refractivity contribution in [2.75, 3.05) is 5.88 Å². The minimum absolute atomic E-state index is 0.159.